The molecule has 1 amide bonds. The Hall–Kier alpha value is -0.580. The Morgan fingerprint density at radius 1 is 1.30 bits per heavy atom. The molecule has 110 valence electrons. The molecule has 1 aliphatic carbocycles. The van der Waals surface area contributed by atoms with Gasteiger partial charge in [0.25, 0.3) is 5.91 Å². The van der Waals surface area contributed by atoms with Gasteiger partial charge in [0.15, 0.2) is 0 Å². The van der Waals surface area contributed by atoms with Crippen LogP contribution in [0.4, 0.5) is 5.69 Å². The number of hydrogen-bond donors (Lipinski definition) is 2. The highest BCUT2D eigenvalue weighted by atomic mass is 35.5. The maximum absolute atomic E-state index is 12.2. The molecule has 0 bridgehead atoms. The summed E-state index contributed by atoms with van der Waals surface area (Å²) in [5, 5.41) is 4.38. The predicted molar refractivity (Wildman–Crippen MR) is 87.9 cm³/mol. The van der Waals surface area contributed by atoms with Crippen molar-refractivity contribution in [1.82, 2.24) is 5.32 Å². The molecule has 0 heterocycles. The minimum absolute atomic E-state index is 0.136. The third-order valence-electron chi connectivity index (χ3n) is 3.66. The molecule has 0 aliphatic heterocycles. The topological polar surface area (TPSA) is 55.1 Å². The van der Waals surface area contributed by atoms with E-state index in [1.54, 1.807) is 12.1 Å². The number of nitrogens with one attached hydrogen (secondary N) is 1. The highest BCUT2D eigenvalue weighted by molar-refractivity contribution is 7.99. The second-order valence-corrected chi connectivity index (χ2v) is 6.97. The summed E-state index contributed by atoms with van der Waals surface area (Å²) in [6.07, 6.45) is 6.48. The molecule has 0 spiro atoms. The molecule has 2 rings (SSSR count). The van der Waals surface area contributed by atoms with E-state index in [1.165, 1.54) is 0 Å². The molecule has 0 aromatic heterocycles. The number of benzene rings is 1. The molecule has 1 fully saturated rings. The molecule has 0 atom stereocenters. The van der Waals surface area contributed by atoms with Crippen LogP contribution in [0.25, 0.3) is 0 Å². The van der Waals surface area contributed by atoms with Crippen LogP contribution in [0.5, 0.6) is 0 Å². The van der Waals surface area contributed by atoms with Crippen molar-refractivity contribution >= 4 is 46.6 Å². The highest BCUT2D eigenvalue weighted by Gasteiger charge is 2.22. The molecular formula is C14H18Cl2N2OS. The van der Waals surface area contributed by atoms with Crippen LogP contribution in [0.2, 0.25) is 10.0 Å². The van der Waals surface area contributed by atoms with Crippen molar-refractivity contribution in [1.29, 1.82) is 0 Å². The first-order valence-corrected chi connectivity index (χ1v) is 8.63. The van der Waals surface area contributed by atoms with Crippen molar-refractivity contribution in [2.75, 3.05) is 12.0 Å². The van der Waals surface area contributed by atoms with Gasteiger partial charge in [-0.2, -0.15) is 11.8 Å². The first-order valence-electron chi connectivity index (χ1n) is 6.59. The Morgan fingerprint density at radius 2 is 1.95 bits per heavy atom. The molecule has 6 heteroatoms. The molecule has 3 N–H and O–H groups in total. The zero-order valence-corrected chi connectivity index (χ0v) is 13.6. The Morgan fingerprint density at radius 3 is 2.50 bits per heavy atom. The van der Waals surface area contributed by atoms with Gasteiger partial charge >= 0.3 is 0 Å². The van der Waals surface area contributed by atoms with Gasteiger partial charge in [0.05, 0.1) is 15.7 Å². The summed E-state index contributed by atoms with van der Waals surface area (Å²) in [7, 11) is 0. The lowest BCUT2D eigenvalue weighted by atomic mass is 9.94. The third kappa shape index (κ3) is 3.74. The summed E-state index contributed by atoms with van der Waals surface area (Å²) in [6, 6.07) is 3.36. The number of halogens is 2. The summed E-state index contributed by atoms with van der Waals surface area (Å²) in [5.41, 5.74) is 6.52. The molecule has 1 aromatic rings. The number of carbonyl (C=O) groups excluding carboxylic acids is 1. The Kier molecular flexibility index (Phi) is 5.47. The largest absolute Gasteiger partial charge is 0.397 e. The average Bonchev–Trinajstić information content (AvgIpc) is 2.45. The lowest BCUT2D eigenvalue weighted by Gasteiger charge is -2.28. The zero-order chi connectivity index (χ0) is 14.7. The lowest BCUT2D eigenvalue weighted by Crippen LogP contribution is -2.38. The normalized spacial score (nSPS) is 22.6. The van der Waals surface area contributed by atoms with Crippen LogP contribution in [0, 0.1) is 0 Å². The van der Waals surface area contributed by atoms with Gasteiger partial charge in [0, 0.05) is 16.9 Å². The molecule has 1 aromatic carbocycles. The smallest absolute Gasteiger partial charge is 0.251 e. The first kappa shape index (κ1) is 15.8. The standard InChI is InChI=1S/C14H18Cl2N2OS/c1-20-10-4-2-9(3-5-10)18-14(19)8-6-11(15)13(16)12(17)7-8/h6-7,9-10H,2-5,17H2,1H3,(H,18,19). The second kappa shape index (κ2) is 6.92. The molecule has 3 nitrogen and oxygen atoms in total. The van der Waals surface area contributed by atoms with E-state index in [1.807, 2.05) is 11.8 Å². The number of anilines is 1. The van der Waals surface area contributed by atoms with E-state index in [9.17, 15) is 4.79 Å². The van der Waals surface area contributed by atoms with Crippen molar-refractivity contribution in [3.05, 3.63) is 27.7 Å². The van der Waals surface area contributed by atoms with Crippen molar-refractivity contribution < 1.29 is 4.79 Å². The van der Waals surface area contributed by atoms with Crippen LogP contribution in [-0.2, 0) is 0 Å². The summed E-state index contributed by atoms with van der Waals surface area (Å²) in [5.74, 6) is -0.136. The minimum atomic E-state index is -0.136. The molecule has 1 aliphatic rings. The number of carbonyl (C=O) groups is 1. The van der Waals surface area contributed by atoms with Crippen LogP contribution in [0.3, 0.4) is 0 Å². The quantitative estimate of drug-likeness (QED) is 0.823. The fourth-order valence-electron chi connectivity index (χ4n) is 2.45. The number of amides is 1. The van der Waals surface area contributed by atoms with Crippen molar-refractivity contribution in [3.8, 4) is 0 Å². The highest BCUT2D eigenvalue weighted by Crippen LogP contribution is 2.30. The van der Waals surface area contributed by atoms with Gasteiger partial charge in [-0.05, 0) is 44.1 Å². The van der Waals surface area contributed by atoms with Gasteiger partial charge in [-0.25, -0.2) is 0 Å². The van der Waals surface area contributed by atoms with Crippen LogP contribution in [0.1, 0.15) is 36.0 Å². The van der Waals surface area contributed by atoms with Crippen LogP contribution >= 0.6 is 35.0 Å². The average molecular weight is 333 g/mol. The van der Waals surface area contributed by atoms with E-state index >= 15 is 0 Å². The van der Waals surface area contributed by atoms with Crippen LogP contribution < -0.4 is 11.1 Å². The van der Waals surface area contributed by atoms with Gasteiger partial charge < -0.3 is 11.1 Å². The van der Waals surface area contributed by atoms with Crippen molar-refractivity contribution in [3.63, 3.8) is 0 Å². The number of hydrogen-bond acceptors (Lipinski definition) is 3. The fraction of sp³-hybridized carbons (Fsp3) is 0.500. The number of rotatable bonds is 3. The lowest BCUT2D eigenvalue weighted by molar-refractivity contribution is 0.0928. The van der Waals surface area contributed by atoms with Gasteiger partial charge in [0.2, 0.25) is 0 Å². The Bertz CT molecular complexity index is 479. The SMILES string of the molecule is CSC1CCC(NC(=O)c2cc(N)c(Cl)c(Cl)c2)CC1. The van der Waals surface area contributed by atoms with E-state index in [4.69, 9.17) is 28.9 Å². The molecule has 0 radical (unpaired) electrons. The van der Waals surface area contributed by atoms with E-state index < -0.39 is 0 Å². The number of nitrogens with two attached hydrogens (primary N) is 1. The second-order valence-electron chi connectivity index (χ2n) is 5.04. The maximum atomic E-state index is 12.2. The first-order chi connectivity index (χ1) is 9.51. The molecule has 0 saturated heterocycles. The maximum Gasteiger partial charge on any atom is 0.251 e. The zero-order valence-electron chi connectivity index (χ0n) is 11.3. The fourth-order valence-corrected chi connectivity index (χ4v) is 3.53. The van der Waals surface area contributed by atoms with Gasteiger partial charge in [-0.3, -0.25) is 4.79 Å². The van der Waals surface area contributed by atoms with Crippen molar-refractivity contribution in [2.45, 2.75) is 37.0 Å². The molecule has 20 heavy (non-hydrogen) atoms. The van der Waals surface area contributed by atoms with Gasteiger partial charge in [0.1, 0.15) is 0 Å². The van der Waals surface area contributed by atoms with Crippen molar-refractivity contribution in [2.24, 2.45) is 0 Å². The van der Waals surface area contributed by atoms with E-state index in [0.29, 0.717) is 21.3 Å². The van der Waals surface area contributed by atoms with Gasteiger partial charge in [-0.1, -0.05) is 23.2 Å². The monoisotopic (exact) mass is 332 g/mol. The molecule has 1 saturated carbocycles. The molecule has 0 unspecified atom stereocenters. The summed E-state index contributed by atoms with van der Waals surface area (Å²) >= 11 is 13.7. The third-order valence-corrected chi connectivity index (χ3v) is 5.62. The van der Waals surface area contributed by atoms with Gasteiger partial charge in [-0.15, -0.1) is 0 Å². The molecular weight excluding hydrogens is 315 g/mol. The minimum Gasteiger partial charge on any atom is -0.397 e. The predicted octanol–water partition coefficient (Wildman–Crippen LogP) is 3.98. The number of thioether (sulfide) groups is 1. The van der Waals surface area contributed by atoms with E-state index in [0.717, 1.165) is 30.9 Å². The van der Waals surface area contributed by atoms with Crippen LogP contribution in [-0.4, -0.2) is 23.5 Å². The summed E-state index contributed by atoms with van der Waals surface area (Å²) < 4.78 is 0. The van der Waals surface area contributed by atoms with Crippen LogP contribution in [0.15, 0.2) is 12.1 Å². The Labute approximate surface area is 133 Å². The summed E-state index contributed by atoms with van der Waals surface area (Å²) in [6.45, 7) is 0. The van der Waals surface area contributed by atoms with E-state index in [2.05, 4.69) is 11.6 Å². The summed E-state index contributed by atoms with van der Waals surface area (Å²) in [4.78, 5) is 12.2. The Balaban J connectivity index is 1.99. The number of nitrogen functional groups attached to an aromatic ring is 1. The van der Waals surface area contributed by atoms with E-state index in [-0.39, 0.29) is 11.9 Å².